The first-order valence-electron chi connectivity index (χ1n) is 5.04. The fraction of sp³-hybridized carbons (Fsp3) is 0.0833. The summed E-state index contributed by atoms with van der Waals surface area (Å²) in [5.41, 5.74) is -0.296. The molecule has 0 saturated carbocycles. The van der Waals surface area contributed by atoms with E-state index in [2.05, 4.69) is 4.98 Å². The van der Waals surface area contributed by atoms with Gasteiger partial charge in [-0.25, -0.2) is 4.98 Å². The molecule has 98 valence electrons. The zero-order valence-electron chi connectivity index (χ0n) is 9.27. The van der Waals surface area contributed by atoms with Crippen LogP contribution in [0, 0.1) is 0 Å². The highest BCUT2D eigenvalue weighted by Crippen LogP contribution is 2.33. The third kappa shape index (κ3) is 2.87. The number of aromatic nitrogens is 1. The highest BCUT2D eigenvalue weighted by Gasteiger charge is 2.33. The standard InChI is InChI=1S/C12H6F3NO2S/c13-12(14,15)10-6-19-11(16-10)8-3-1-7(2-4-8)9(18)5-17/h1-6H. The number of hydrogen-bond donors (Lipinski definition) is 0. The quantitative estimate of drug-likeness (QED) is 0.494. The summed E-state index contributed by atoms with van der Waals surface area (Å²) >= 11 is 0.864. The van der Waals surface area contributed by atoms with Gasteiger partial charge in [-0.05, 0) is 0 Å². The molecule has 1 aromatic carbocycles. The number of rotatable bonds is 3. The number of Topliss-reactive ketones (excluding diaryl/α,β-unsaturated/α-hetero) is 1. The number of benzene rings is 1. The SMILES string of the molecule is O=CC(=O)c1ccc(-c2nc(C(F)(F)F)cs2)cc1. The lowest BCUT2D eigenvalue weighted by molar-refractivity contribution is -0.140. The van der Waals surface area contributed by atoms with Gasteiger partial charge in [0.25, 0.3) is 0 Å². The van der Waals surface area contributed by atoms with Crippen LogP contribution in [0.15, 0.2) is 29.6 Å². The first-order valence-corrected chi connectivity index (χ1v) is 5.92. The Morgan fingerprint density at radius 2 is 1.84 bits per heavy atom. The van der Waals surface area contributed by atoms with Crippen molar-refractivity contribution in [1.82, 2.24) is 4.98 Å². The van der Waals surface area contributed by atoms with E-state index in [0.717, 1.165) is 16.7 Å². The minimum atomic E-state index is -4.47. The summed E-state index contributed by atoms with van der Waals surface area (Å²) in [6.07, 6.45) is -4.29. The third-order valence-corrected chi connectivity index (χ3v) is 3.21. The van der Waals surface area contributed by atoms with Crippen molar-refractivity contribution in [1.29, 1.82) is 0 Å². The smallest absolute Gasteiger partial charge is 0.294 e. The number of nitrogens with zero attached hydrogens (tertiary/aromatic N) is 1. The molecule has 0 amide bonds. The van der Waals surface area contributed by atoms with Gasteiger partial charge >= 0.3 is 6.18 Å². The van der Waals surface area contributed by atoms with Crippen molar-refractivity contribution in [3.63, 3.8) is 0 Å². The molecule has 0 N–H and O–H groups in total. The third-order valence-electron chi connectivity index (χ3n) is 2.32. The topological polar surface area (TPSA) is 47.0 Å². The maximum Gasteiger partial charge on any atom is 0.434 e. The van der Waals surface area contributed by atoms with Gasteiger partial charge in [0.05, 0.1) is 0 Å². The van der Waals surface area contributed by atoms with Crippen LogP contribution in [0.3, 0.4) is 0 Å². The van der Waals surface area contributed by atoms with E-state index in [0.29, 0.717) is 5.56 Å². The fourth-order valence-corrected chi connectivity index (χ4v) is 2.21. The lowest BCUT2D eigenvalue weighted by atomic mass is 10.1. The Bertz CT molecular complexity index is 617. The van der Waals surface area contributed by atoms with Crippen LogP contribution >= 0.6 is 11.3 Å². The van der Waals surface area contributed by atoms with Crippen LogP contribution in [0.25, 0.3) is 10.6 Å². The van der Waals surface area contributed by atoms with Crippen LogP contribution < -0.4 is 0 Å². The van der Waals surface area contributed by atoms with Gasteiger partial charge in [0.15, 0.2) is 12.0 Å². The summed E-state index contributed by atoms with van der Waals surface area (Å²) in [5, 5.41) is 1.14. The van der Waals surface area contributed by atoms with E-state index >= 15 is 0 Å². The molecule has 0 saturated heterocycles. The van der Waals surface area contributed by atoms with Gasteiger partial charge in [-0.1, -0.05) is 24.3 Å². The zero-order valence-corrected chi connectivity index (χ0v) is 10.1. The predicted octanol–water partition coefficient (Wildman–Crippen LogP) is 3.21. The van der Waals surface area contributed by atoms with E-state index in [-0.39, 0.29) is 16.9 Å². The highest BCUT2D eigenvalue weighted by molar-refractivity contribution is 7.13. The van der Waals surface area contributed by atoms with Crippen molar-refractivity contribution >= 4 is 23.4 Å². The van der Waals surface area contributed by atoms with E-state index in [1.165, 1.54) is 24.3 Å². The van der Waals surface area contributed by atoms with Crippen LogP contribution in [0.4, 0.5) is 13.2 Å². The summed E-state index contributed by atoms with van der Waals surface area (Å²) in [6, 6.07) is 5.66. The molecule has 0 radical (unpaired) electrons. The first-order chi connectivity index (χ1) is 8.91. The molecule has 19 heavy (non-hydrogen) atoms. The molecule has 2 rings (SSSR count). The van der Waals surface area contributed by atoms with Crippen molar-refractivity contribution in [2.75, 3.05) is 0 Å². The van der Waals surface area contributed by atoms with Crippen LogP contribution in [-0.4, -0.2) is 17.1 Å². The van der Waals surface area contributed by atoms with Gasteiger partial charge in [0, 0.05) is 16.5 Å². The molecule has 0 bridgehead atoms. The van der Waals surface area contributed by atoms with Gasteiger partial charge in [0.2, 0.25) is 5.78 Å². The summed E-state index contributed by atoms with van der Waals surface area (Å²) in [6.45, 7) is 0. The normalized spacial score (nSPS) is 11.3. The molecule has 0 spiro atoms. The highest BCUT2D eigenvalue weighted by atomic mass is 32.1. The second-order valence-electron chi connectivity index (χ2n) is 3.60. The molecule has 7 heteroatoms. The van der Waals surface area contributed by atoms with Crippen LogP contribution in [0.1, 0.15) is 16.1 Å². The summed E-state index contributed by atoms with van der Waals surface area (Å²) in [5.74, 6) is -0.679. The maximum absolute atomic E-state index is 12.4. The van der Waals surface area contributed by atoms with Crippen LogP contribution in [-0.2, 0) is 11.0 Å². The number of hydrogen-bond acceptors (Lipinski definition) is 4. The molecule has 3 nitrogen and oxygen atoms in total. The minimum absolute atomic E-state index is 0.181. The largest absolute Gasteiger partial charge is 0.434 e. The molecule has 0 atom stereocenters. The van der Waals surface area contributed by atoms with Gasteiger partial charge in [0.1, 0.15) is 5.01 Å². The molecular weight excluding hydrogens is 279 g/mol. The number of thiazole rings is 1. The fourth-order valence-electron chi connectivity index (χ4n) is 1.38. The Kier molecular flexibility index (Phi) is 3.48. The Morgan fingerprint density at radius 3 is 2.32 bits per heavy atom. The van der Waals surface area contributed by atoms with E-state index < -0.39 is 17.7 Å². The second kappa shape index (κ2) is 4.93. The van der Waals surface area contributed by atoms with Gasteiger partial charge < -0.3 is 0 Å². The Hall–Kier alpha value is -2.02. The number of carbonyl (C=O) groups excluding carboxylic acids is 2. The Labute approximate surface area is 109 Å². The number of carbonyl (C=O) groups is 2. The molecule has 0 fully saturated rings. The van der Waals surface area contributed by atoms with Crippen molar-refractivity contribution in [2.24, 2.45) is 0 Å². The minimum Gasteiger partial charge on any atom is -0.294 e. The van der Waals surface area contributed by atoms with Crippen LogP contribution in [0.2, 0.25) is 0 Å². The number of aldehydes is 1. The van der Waals surface area contributed by atoms with Crippen molar-refractivity contribution in [2.45, 2.75) is 6.18 Å². The van der Waals surface area contributed by atoms with Crippen LogP contribution in [0.5, 0.6) is 0 Å². The van der Waals surface area contributed by atoms with Crippen molar-refractivity contribution in [3.05, 3.63) is 40.9 Å². The van der Waals surface area contributed by atoms with Gasteiger partial charge in [-0.15, -0.1) is 11.3 Å². The molecule has 0 aliphatic rings. The second-order valence-corrected chi connectivity index (χ2v) is 4.45. The van der Waals surface area contributed by atoms with Gasteiger partial charge in [-0.2, -0.15) is 13.2 Å². The average molecular weight is 285 g/mol. The lowest BCUT2D eigenvalue weighted by Gasteiger charge is -2.00. The monoisotopic (exact) mass is 285 g/mol. The summed E-state index contributed by atoms with van der Waals surface area (Å²) in [4.78, 5) is 24.8. The molecule has 0 aliphatic heterocycles. The zero-order chi connectivity index (χ0) is 14.0. The molecule has 2 aromatic rings. The Morgan fingerprint density at radius 1 is 1.21 bits per heavy atom. The summed E-state index contributed by atoms with van der Waals surface area (Å²) < 4.78 is 37.2. The number of ketones is 1. The van der Waals surface area contributed by atoms with E-state index in [4.69, 9.17) is 0 Å². The number of alkyl halides is 3. The molecule has 0 aliphatic carbocycles. The van der Waals surface area contributed by atoms with Crippen molar-refractivity contribution in [3.8, 4) is 10.6 Å². The van der Waals surface area contributed by atoms with Gasteiger partial charge in [-0.3, -0.25) is 9.59 Å². The molecule has 0 unspecified atom stereocenters. The van der Waals surface area contributed by atoms with E-state index in [1.54, 1.807) is 0 Å². The summed E-state index contributed by atoms with van der Waals surface area (Å²) in [7, 11) is 0. The molecular formula is C12H6F3NO2S. The number of halogens is 3. The average Bonchev–Trinajstić information content (AvgIpc) is 2.87. The lowest BCUT2D eigenvalue weighted by Crippen LogP contribution is -2.04. The van der Waals surface area contributed by atoms with Crippen molar-refractivity contribution < 1.29 is 22.8 Å². The molecule has 1 aromatic heterocycles. The molecule has 1 heterocycles. The maximum atomic E-state index is 12.4. The predicted molar refractivity (Wildman–Crippen MR) is 62.9 cm³/mol. The first kappa shape index (κ1) is 13.4. The van der Waals surface area contributed by atoms with E-state index in [1.807, 2.05) is 0 Å². The Balaban J connectivity index is 2.30. The van der Waals surface area contributed by atoms with E-state index in [9.17, 15) is 22.8 Å².